The summed E-state index contributed by atoms with van der Waals surface area (Å²) in [5, 5.41) is 2.06. The summed E-state index contributed by atoms with van der Waals surface area (Å²) in [6.45, 7) is 0.840. The first-order valence-corrected chi connectivity index (χ1v) is 10.3. The summed E-state index contributed by atoms with van der Waals surface area (Å²) >= 11 is 3.54. The number of esters is 1. The molecule has 0 N–H and O–H groups in total. The Morgan fingerprint density at radius 3 is 2.07 bits per heavy atom. The Morgan fingerprint density at radius 1 is 0.700 bits per heavy atom. The fraction of sp³-hybridized carbons (Fsp3) is 0.0800. The Labute approximate surface area is 183 Å². The van der Waals surface area contributed by atoms with Gasteiger partial charge in [-0.05, 0) is 69.2 Å². The predicted molar refractivity (Wildman–Crippen MR) is 120 cm³/mol. The number of halogens is 1. The Morgan fingerprint density at radius 2 is 1.33 bits per heavy atom. The maximum absolute atomic E-state index is 12.5. The van der Waals surface area contributed by atoms with Crippen LogP contribution in [-0.4, -0.2) is 19.2 Å². The van der Waals surface area contributed by atoms with Gasteiger partial charge >= 0.3 is 5.97 Å². The van der Waals surface area contributed by atoms with E-state index in [1.54, 1.807) is 30.3 Å². The van der Waals surface area contributed by atoms with Crippen molar-refractivity contribution in [3.63, 3.8) is 0 Å². The van der Waals surface area contributed by atoms with Crippen molar-refractivity contribution >= 4 is 32.7 Å². The lowest BCUT2D eigenvalue weighted by molar-refractivity contribution is 0.0734. The van der Waals surface area contributed by atoms with E-state index in [2.05, 4.69) is 15.9 Å². The molecule has 0 atom stereocenters. The van der Waals surface area contributed by atoms with E-state index in [0.717, 1.165) is 21.0 Å². The minimum Gasteiger partial charge on any atom is -0.490 e. The fourth-order valence-corrected chi connectivity index (χ4v) is 3.55. The van der Waals surface area contributed by atoms with Crippen molar-refractivity contribution in [2.45, 2.75) is 0 Å². The molecule has 4 aromatic carbocycles. The van der Waals surface area contributed by atoms with Crippen molar-refractivity contribution < 1.29 is 19.0 Å². The predicted octanol–water partition coefficient (Wildman–Crippen LogP) is 6.28. The van der Waals surface area contributed by atoms with E-state index in [1.807, 2.05) is 60.7 Å². The number of ether oxygens (including phenoxy) is 3. The quantitative estimate of drug-likeness (QED) is 0.184. The van der Waals surface area contributed by atoms with Crippen molar-refractivity contribution in [1.82, 2.24) is 0 Å². The minimum absolute atomic E-state index is 0.405. The standard InChI is InChI=1S/C25H19BrO4/c26-24-22-9-5-4-6-18(22)12-15-23(24)30-25(27)19-10-13-21(14-11-19)29-17-16-28-20-7-2-1-3-8-20/h1-15H,16-17H2. The maximum Gasteiger partial charge on any atom is 0.343 e. The lowest BCUT2D eigenvalue weighted by Gasteiger charge is -2.10. The normalized spacial score (nSPS) is 10.6. The summed E-state index contributed by atoms with van der Waals surface area (Å²) in [5.74, 6) is 1.52. The molecule has 150 valence electrons. The molecule has 0 bridgehead atoms. The van der Waals surface area contributed by atoms with Crippen LogP contribution in [0.2, 0.25) is 0 Å². The first kappa shape index (κ1) is 20.0. The molecule has 4 nitrogen and oxygen atoms in total. The van der Waals surface area contributed by atoms with Gasteiger partial charge in [-0.15, -0.1) is 0 Å². The number of hydrogen-bond acceptors (Lipinski definition) is 4. The molecule has 30 heavy (non-hydrogen) atoms. The van der Waals surface area contributed by atoms with Crippen LogP contribution in [-0.2, 0) is 0 Å². The molecule has 0 saturated heterocycles. The van der Waals surface area contributed by atoms with E-state index in [1.165, 1.54) is 0 Å². The van der Waals surface area contributed by atoms with Gasteiger partial charge in [0.1, 0.15) is 30.5 Å². The van der Waals surface area contributed by atoms with E-state index in [4.69, 9.17) is 14.2 Å². The maximum atomic E-state index is 12.5. The Bertz CT molecular complexity index is 1140. The number of carbonyl (C=O) groups excluding carboxylic acids is 1. The topological polar surface area (TPSA) is 44.8 Å². The third-order valence-corrected chi connectivity index (χ3v) is 5.30. The molecule has 0 radical (unpaired) electrons. The van der Waals surface area contributed by atoms with Crippen LogP contribution in [0.5, 0.6) is 17.2 Å². The van der Waals surface area contributed by atoms with Gasteiger partial charge < -0.3 is 14.2 Å². The Kier molecular flexibility index (Phi) is 6.30. The number of fused-ring (bicyclic) bond motifs is 1. The molecular weight excluding hydrogens is 444 g/mol. The Hall–Kier alpha value is -3.31. The van der Waals surface area contributed by atoms with Gasteiger partial charge in [-0.1, -0.05) is 48.5 Å². The molecule has 0 aliphatic heterocycles. The van der Waals surface area contributed by atoms with Gasteiger partial charge in [0.25, 0.3) is 0 Å². The highest BCUT2D eigenvalue weighted by molar-refractivity contribution is 9.10. The summed E-state index contributed by atoms with van der Waals surface area (Å²) < 4.78 is 17.6. The van der Waals surface area contributed by atoms with Crippen LogP contribution < -0.4 is 14.2 Å². The van der Waals surface area contributed by atoms with Crippen molar-refractivity contribution in [2.24, 2.45) is 0 Å². The number of hydrogen-bond donors (Lipinski definition) is 0. The average Bonchev–Trinajstić information content (AvgIpc) is 2.80. The van der Waals surface area contributed by atoms with Crippen molar-refractivity contribution in [2.75, 3.05) is 13.2 Å². The van der Waals surface area contributed by atoms with Crippen LogP contribution in [0, 0.1) is 0 Å². The molecule has 4 rings (SSSR count). The average molecular weight is 463 g/mol. The first-order valence-electron chi connectivity index (χ1n) is 9.51. The van der Waals surface area contributed by atoms with Crippen molar-refractivity contribution in [3.05, 3.63) is 101 Å². The number of rotatable bonds is 7. The van der Waals surface area contributed by atoms with E-state index in [9.17, 15) is 4.79 Å². The minimum atomic E-state index is -0.426. The summed E-state index contributed by atoms with van der Waals surface area (Å²) in [6.07, 6.45) is 0. The second-order valence-corrected chi connectivity index (χ2v) is 7.32. The van der Waals surface area contributed by atoms with Crippen molar-refractivity contribution in [1.29, 1.82) is 0 Å². The zero-order valence-electron chi connectivity index (χ0n) is 16.1. The second kappa shape index (κ2) is 9.46. The van der Waals surface area contributed by atoms with Gasteiger partial charge in [-0.25, -0.2) is 4.79 Å². The van der Waals surface area contributed by atoms with E-state index in [0.29, 0.717) is 30.3 Å². The monoisotopic (exact) mass is 462 g/mol. The lowest BCUT2D eigenvalue weighted by Crippen LogP contribution is -2.10. The summed E-state index contributed by atoms with van der Waals surface area (Å²) in [4.78, 5) is 12.5. The molecule has 0 aliphatic carbocycles. The van der Waals surface area contributed by atoms with Crippen LogP contribution in [0.4, 0.5) is 0 Å². The summed E-state index contributed by atoms with van der Waals surface area (Å²) in [7, 11) is 0. The second-order valence-electron chi connectivity index (χ2n) is 6.52. The summed E-state index contributed by atoms with van der Waals surface area (Å²) in [6, 6.07) is 28.1. The van der Waals surface area contributed by atoms with Crippen LogP contribution in [0.25, 0.3) is 10.8 Å². The number of para-hydroxylation sites is 1. The SMILES string of the molecule is O=C(Oc1ccc2ccccc2c1Br)c1ccc(OCCOc2ccccc2)cc1. The van der Waals surface area contributed by atoms with Gasteiger partial charge in [0, 0.05) is 0 Å². The molecule has 0 saturated carbocycles. The highest BCUT2D eigenvalue weighted by atomic mass is 79.9. The molecule has 0 spiro atoms. The Balaban J connectivity index is 1.33. The first-order chi connectivity index (χ1) is 14.7. The van der Waals surface area contributed by atoms with Gasteiger partial charge in [0.05, 0.1) is 10.0 Å². The van der Waals surface area contributed by atoms with E-state index in [-0.39, 0.29) is 0 Å². The third-order valence-electron chi connectivity index (χ3n) is 4.48. The molecule has 0 unspecified atom stereocenters. The fourth-order valence-electron chi connectivity index (χ4n) is 2.97. The lowest BCUT2D eigenvalue weighted by atomic mass is 10.1. The van der Waals surface area contributed by atoms with Gasteiger partial charge in [-0.2, -0.15) is 0 Å². The van der Waals surface area contributed by atoms with E-state index < -0.39 is 5.97 Å². The zero-order valence-corrected chi connectivity index (χ0v) is 17.7. The molecule has 0 heterocycles. The van der Waals surface area contributed by atoms with Crippen LogP contribution in [0.15, 0.2) is 95.5 Å². The highest BCUT2D eigenvalue weighted by Gasteiger charge is 2.13. The van der Waals surface area contributed by atoms with Gasteiger partial charge in [-0.3, -0.25) is 0 Å². The molecule has 0 fully saturated rings. The summed E-state index contributed by atoms with van der Waals surface area (Å²) in [5.41, 5.74) is 0.447. The molecule has 0 amide bonds. The van der Waals surface area contributed by atoms with Crippen LogP contribution in [0.1, 0.15) is 10.4 Å². The molecule has 0 aliphatic rings. The number of carbonyl (C=O) groups is 1. The highest BCUT2D eigenvalue weighted by Crippen LogP contribution is 2.33. The largest absolute Gasteiger partial charge is 0.490 e. The van der Waals surface area contributed by atoms with Gasteiger partial charge in [0.2, 0.25) is 0 Å². The van der Waals surface area contributed by atoms with Crippen LogP contribution in [0.3, 0.4) is 0 Å². The smallest absolute Gasteiger partial charge is 0.343 e. The number of benzene rings is 4. The van der Waals surface area contributed by atoms with Crippen molar-refractivity contribution in [3.8, 4) is 17.2 Å². The van der Waals surface area contributed by atoms with E-state index >= 15 is 0 Å². The molecule has 0 aromatic heterocycles. The molecular formula is C25H19BrO4. The zero-order chi connectivity index (χ0) is 20.8. The molecule has 5 heteroatoms. The molecule has 4 aromatic rings. The third kappa shape index (κ3) is 4.81. The van der Waals surface area contributed by atoms with Gasteiger partial charge in [0.15, 0.2) is 0 Å². The van der Waals surface area contributed by atoms with Crippen LogP contribution >= 0.6 is 15.9 Å².